The summed E-state index contributed by atoms with van der Waals surface area (Å²) in [6, 6.07) is 5.09. The maximum absolute atomic E-state index is 6.67. The van der Waals surface area contributed by atoms with Crippen molar-refractivity contribution >= 4 is 27.3 Å². The molecule has 0 radical (unpaired) electrons. The molecule has 0 aromatic heterocycles. The molecule has 0 saturated carbocycles. The van der Waals surface area contributed by atoms with Crippen LogP contribution in [0.5, 0.6) is 0 Å². The highest BCUT2D eigenvalue weighted by Gasteiger charge is 1.94. The van der Waals surface area contributed by atoms with E-state index < -0.39 is 0 Å². The van der Waals surface area contributed by atoms with Crippen LogP contribution >= 0.6 is 15.9 Å². The van der Waals surface area contributed by atoms with E-state index in [0.29, 0.717) is 11.4 Å². The first-order chi connectivity index (χ1) is 4.74. The fraction of sp³-hybridized carbons (Fsp3) is 0. The Hall–Kier alpha value is -1.01. The number of halogens is 1. The lowest BCUT2D eigenvalue weighted by Crippen LogP contribution is -1.83. The molecule has 2 N–H and O–H groups in total. The van der Waals surface area contributed by atoms with Gasteiger partial charge < -0.3 is 5.73 Å². The maximum Gasteiger partial charge on any atom is 0.188 e. The molecular formula is C7H5BrN2. The molecule has 1 rings (SSSR count). The highest BCUT2D eigenvalue weighted by molar-refractivity contribution is 9.10. The lowest BCUT2D eigenvalue weighted by Gasteiger charge is -1.95. The summed E-state index contributed by atoms with van der Waals surface area (Å²) < 4.78 is 0.779. The number of anilines is 1. The zero-order valence-corrected chi connectivity index (χ0v) is 6.72. The average Bonchev–Trinajstić information content (AvgIpc) is 1.95. The molecule has 0 heterocycles. The summed E-state index contributed by atoms with van der Waals surface area (Å²) in [6.07, 6.45) is 0. The third-order valence-electron chi connectivity index (χ3n) is 1.11. The van der Waals surface area contributed by atoms with Crippen molar-refractivity contribution in [3.63, 3.8) is 0 Å². The van der Waals surface area contributed by atoms with Gasteiger partial charge in [0, 0.05) is 10.2 Å². The molecule has 0 unspecified atom stereocenters. The second-order valence-corrected chi connectivity index (χ2v) is 2.67. The number of hydrogen-bond acceptors (Lipinski definition) is 1. The van der Waals surface area contributed by atoms with E-state index in [1.807, 2.05) is 0 Å². The van der Waals surface area contributed by atoms with Gasteiger partial charge in [0.15, 0.2) is 5.69 Å². The van der Waals surface area contributed by atoms with Gasteiger partial charge in [-0.15, -0.1) is 0 Å². The third-order valence-corrected chi connectivity index (χ3v) is 1.80. The van der Waals surface area contributed by atoms with Crippen molar-refractivity contribution in [1.82, 2.24) is 0 Å². The Bertz CT molecular complexity index is 288. The van der Waals surface area contributed by atoms with Crippen LogP contribution in [0.15, 0.2) is 22.7 Å². The number of nitrogen functional groups attached to an aromatic ring is 1. The SMILES string of the molecule is [C-]#[N+]c1ccc(N)c(Br)c1. The van der Waals surface area contributed by atoms with Gasteiger partial charge in [0.25, 0.3) is 0 Å². The van der Waals surface area contributed by atoms with Crippen molar-refractivity contribution in [2.75, 3.05) is 5.73 Å². The van der Waals surface area contributed by atoms with Gasteiger partial charge in [-0.3, -0.25) is 0 Å². The van der Waals surface area contributed by atoms with Gasteiger partial charge in [-0.25, -0.2) is 4.85 Å². The van der Waals surface area contributed by atoms with Crippen molar-refractivity contribution < 1.29 is 0 Å². The van der Waals surface area contributed by atoms with Crippen LogP contribution in [0.1, 0.15) is 0 Å². The minimum Gasteiger partial charge on any atom is -0.398 e. The van der Waals surface area contributed by atoms with E-state index in [1.54, 1.807) is 18.2 Å². The van der Waals surface area contributed by atoms with Crippen molar-refractivity contribution in [1.29, 1.82) is 0 Å². The molecule has 0 fully saturated rings. The van der Waals surface area contributed by atoms with Crippen LogP contribution in [0, 0.1) is 6.57 Å². The standard InChI is InChI=1S/C7H5BrN2/c1-10-5-2-3-7(9)6(8)4-5/h2-4H,9H2. The van der Waals surface area contributed by atoms with E-state index in [-0.39, 0.29) is 0 Å². The summed E-state index contributed by atoms with van der Waals surface area (Å²) >= 11 is 3.22. The summed E-state index contributed by atoms with van der Waals surface area (Å²) in [6.45, 7) is 6.67. The summed E-state index contributed by atoms with van der Waals surface area (Å²) in [5.74, 6) is 0. The lowest BCUT2D eigenvalue weighted by atomic mass is 10.3. The predicted molar refractivity (Wildman–Crippen MR) is 44.8 cm³/mol. The zero-order chi connectivity index (χ0) is 7.56. The van der Waals surface area contributed by atoms with Gasteiger partial charge in [0.05, 0.1) is 6.57 Å². The zero-order valence-electron chi connectivity index (χ0n) is 5.13. The molecule has 10 heavy (non-hydrogen) atoms. The van der Waals surface area contributed by atoms with Crippen molar-refractivity contribution in [2.45, 2.75) is 0 Å². The minimum atomic E-state index is 0.598. The fourth-order valence-corrected chi connectivity index (χ4v) is 0.952. The fourth-order valence-electron chi connectivity index (χ4n) is 0.586. The Morgan fingerprint density at radius 2 is 2.20 bits per heavy atom. The Morgan fingerprint density at radius 1 is 1.50 bits per heavy atom. The second-order valence-electron chi connectivity index (χ2n) is 1.82. The first kappa shape index (κ1) is 7.10. The summed E-state index contributed by atoms with van der Waals surface area (Å²) in [7, 11) is 0. The molecule has 1 aromatic rings. The van der Waals surface area contributed by atoms with Crippen LogP contribution in [0.3, 0.4) is 0 Å². The van der Waals surface area contributed by atoms with Crippen LogP contribution in [0.25, 0.3) is 4.85 Å². The van der Waals surface area contributed by atoms with Crippen LogP contribution in [0.4, 0.5) is 11.4 Å². The molecule has 0 atom stereocenters. The van der Waals surface area contributed by atoms with Gasteiger partial charge in [-0.1, -0.05) is 6.07 Å². The highest BCUT2D eigenvalue weighted by atomic mass is 79.9. The van der Waals surface area contributed by atoms with Crippen LogP contribution in [-0.2, 0) is 0 Å². The first-order valence-corrected chi connectivity index (χ1v) is 3.46. The van der Waals surface area contributed by atoms with E-state index in [0.717, 1.165) is 4.47 Å². The van der Waals surface area contributed by atoms with Crippen molar-refractivity contribution in [3.05, 3.63) is 34.1 Å². The van der Waals surface area contributed by atoms with E-state index in [1.165, 1.54) is 0 Å². The van der Waals surface area contributed by atoms with Gasteiger partial charge in [-0.05, 0) is 28.1 Å². The topological polar surface area (TPSA) is 30.4 Å². The number of nitrogens with two attached hydrogens (primary N) is 1. The van der Waals surface area contributed by atoms with Gasteiger partial charge >= 0.3 is 0 Å². The van der Waals surface area contributed by atoms with E-state index in [9.17, 15) is 0 Å². The molecule has 0 saturated heterocycles. The molecule has 0 aliphatic heterocycles. The first-order valence-electron chi connectivity index (χ1n) is 2.66. The minimum absolute atomic E-state index is 0.598. The normalized spacial score (nSPS) is 8.80. The molecule has 0 aliphatic rings. The molecule has 50 valence electrons. The maximum atomic E-state index is 6.67. The summed E-state index contributed by atoms with van der Waals surface area (Å²) in [4.78, 5) is 3.24. The molecule has 0 aliphatic carbocycles. The number of benzene rings is 1. The van der Waals surface area contributed by atoms with Crippen LogP contribution in [-0.4, -0.2) is 0 Å². The lowest BCUT2D eigenvalue weighted by molar-refractivity contribution is 1.64. The Labute approximate surface area is 67.6 Å². The van der Waals surface area contributed by atoms with Crippen molar-refractivity contribution in [2.24, 2.45) is 0 Å². The van der Waals surface area contributed by atoms with Crippen molar-refractivity contribution in [3.8, 4) is 0 Å². The number of hydrogen-bond donors (Lipinski definition) is 1. The molecule has 0 amide bonds. The van der Waals surface area contributed by atoms with Crippen LogP contribution in [0.2, 0.25) is 0 Å². The molecule has 1 aromatic carbocycles. The number of rotatable bonds is 0. The Morgan fingerprint density at radius 3 is 2.70 bits per heavy atom. The van der Waals surface area contributed by atoms with Gasteiger partial charge in [0.2, 0.25) is 0 Å². The second kappa shape index (κ2) is 2.72. The van der Waals surface area contributed by atoms with E-state index in [4.69, 9.17) is 12.3 Å². The molecule has 2 nitrogen and oxygen atoms in total. The molecule has 0 bridgehead atoms. The van der Waals surface area contributed by atoms with Gasteiger partial charge in [0.1, 0.15) is 0 Å². The molecule has 0 spiro atoms. The predicted octanol–water partition coefficient (Wildman–Crippen LogP) is 2.58. The summed E-state index contributed by atoms with van der Waals surface area (Å²) in [5.41, 5.74) is 6.75. The monoisotopic (exact) mass is 196 g/mol. The highest BCUT2D eigenvalue weighted by Crippen LogP contribution is 2.24. The summed E-state index contributed by atoms with van der Waals surface area (Å²) in [5, 5.41) is 0. The third kappa shape index (κ3) is 1.28. The smallest absolute Gasteiger partial charge is 0.188 e. The average molecular weight is 197 g/mol. The Kier molecular flexibility index (Phi) is 1.93. The quantitative estimate of drug-likeness (QED) is 0.502. The van der Waals surface area contributed by atoms with E-state index in [2.05, 4.69) is 20.8 Å². The van der Waals surface area contributed by atoms with Crippen LogP contribution < -0.4 is 5.73 Å². The van der Waals surface area contributed by atoms with E-state index >= 15 is 0 Å². The molecule has 3 heteroatoms. The largest absolute Gasteiger partial charge is 0.398 e. The Balaban J connectivity index is 3.20. The van der Waals surface area contributed by atoms with Gasteiger partial charge in [-0.2, -0.15) is 0 Å². The molecular weight excluding hydrogens is 192 g/mol. The number of nitrogens with zero attached hydrogens (tertiary/aromatic N) is 1.